The monoisotopic (exact) mass is 124 g/mol. The Morgan fingerprint density at radius 3 is 3.00 bits per heavy atom. The predicted octanol–water partition coefficient (Wildman–Crippen LogP) is 1.07. The van der Waals surface area contributed by atoms with Crippen LogP contribution in [0, 0.1) is 11.3 Å². The molecule has 0 unspecified atom stereocenters. The largest absolute Gasteiger partial charge is 0.304 e. The average molecular weight is 124 g/mol. The number of nitrogens with one attached hydrogen (secondary N) is 1. The molecule has 0 aromatic rings. The van der Waals surface area contributed by atoms with Gasteiger partial charge in [0.25, 0.3) is 0 Å². The van der Waals surface area contributed by atoms with E-state index in [2.05, 4.69) is 11.4 Å². The fourth-order valence-corrected chi connectivity index (χ4v) is 0.496. The molecule has 0 aromatic heterocycles. The molecule has 0 aromatic carbocycles. The van der Waals surface area contributed by atoms with Gasteiger partial charge in [-0.2, -0.15) is 5.26 Å². The molecule has 0 atom stereocenters. The van der Waals surface area contributed by atoms with E-state index in [9.17, 15) is 0 Å². The van der Waals surface area contributed by atoms with Gasteiger partial charge in [0.05, 0.1) is 12.6 Å². The molecule has 50 valence electrons. The molecule has 0 amide bonds. The number of nitrogens with zero attached hydrogens (tertiary/aromatic N) is 1. The minimum absolute atomic E-state index is 0.456. The highest BCUT2D eigenvalue weighted by Crippen LogP contribution is 1.77. The molecular formula is C7H12N2. The van der Waals surface area contributed by atoms with Crippen molar-refractivity contribution in [2.75, 3.05) is 13.1 Å². The Kier molecular flexibility index (Phi) is 6.54. The Labute approximate surface area is 56.2 Å². The maximum atomic E-state index is 8.09. The lowest BCUT2D eigenvalue weighted by molar-refractivity contribution is 0.761. The van der Waals surface area contributed by atoms with Crippen molar-refractivity contribution in [3.63, 3.8) is 0 Å². The summed E-state index contributed by atoms with van der Waals surface area (Å²) in [7, 11) is 0. The van der Waals surface area contributed by atoms with Gasteiger partial charge in [0.15, 0.2) is 0 Å². The van der Waals surface area contributed by atoms with E-state index in [0.717, 1.165) is 13.0 Å². The molecule has 1 N–H and O–H groups in total. The molecule has 0 heterocycles. The topological polar surface area (TPSA) is 35.8 Å². The van der Waals surface area contributed by atoms with E-state index < -0.39 is 0 Å². The lowest BCUT2D eigenvalue weighted by Gasteiger charge is -1.92. The zero-order valence-electron chi connectivity index (χ0n) is 5.72. The second-order valence-corrected chi connectivity index (χ2v) is 1.69. The highest BCUT2D eigenvalue weighted by molar-refractivity contribution is 4.79. The third kappa shape index (κ3) is 7.19. The summed E-state index contributed by atoms with van der Waals surface area (Å²) in [5, 5.41) is 11.0. The van der Waals surface area contributed by atoms with Crippen LogP contribution >= 0.6 is 0 Å². The van der Waals surface area contributed by atoms with Crippen LogP contribution in [0.3, 0.4) is 0 Å². The first-order chi connectivity index (χ1) is 4.41. The first kappa shape index (κ1) is 8.19. The van der Waals surface area contributed by atoms with Gasteiger partial charge in [-0.15, -0.1) is 0 Å². The average Bonchev–Trinajstić information content (AvgIpc) is 1.89. The molecule has 0 saturated carbocycles. The Morgan fingerprint density at radius 2 is 2.44 bits per heavy atom. The Bertz CT molecular complexity index is 111. The SMILES string of the molecule is C/C=C/CCNCC#N. The second-order valence-electron chi connectivity index (χ2n) is 1.69. The van der Waals surface area contributed by atoms with Crippen molar-refractivity contribution in [2.24, 2.45) is 0 Å². The van der Waals surface area contributed by atoms with Crippen LogP contribution in [0.4, 0.5) is 0 Å². The maximum Gasteiger partial charge on any atom is 0.0841 e. The van der Waals surface area contributed by atoms with Crippen LogP contribution < -0.4 is 5.32 Å². The number of nitriles is 1. The van der Waals surface area contributed by atoms with Gasteiger partial charge in [-0.3, -0.25) is 0 Å². The van der Waals surface area contributed by atoms with Crippen molar-refractivity contribution in [1.29, 1.82) is 5.26 Å². The quantitative estimate of drug-likeness (QED) is 0.345. The van der Waals surface area contributed by atoms with Gasteiger partial charge in [0.1, 0.15) is 0 Å². The first-order valence-corrected chi connectivity index (χ1v) is 3.10. The molecule has 0 spiro atoms. The highest BCUT2D eigenvalue weighted by atomic mass is 14.8. The van der Waals surface area contributed by atoms with E-state index >= 15 is 0 Å². The zero-order valence-corrected chi connectivity index (χ0v) is 5.72. The van der Waals surface area contributed by atoms with Gasteiger partial charge in [0, 0.05) is 0 Å². The van der Waals surface area contributed by atoms with E-state index in [0.29, 0.717) is 6.54 Å². The van der Waals surface area contributed by atoms with Crippen LogP contribution in [0.25, 0.3) is 0 Å². The number of hydrogen-bond acceptors (Lipinski definition) is 2. The lowest BCUT2D eigenvalue weighted by Crippen LogP contribution is -2.14. The number of rotatable bonds is 4. The Morgan fingerprint density at radius 1 is 1.67 bits per heavy atom. The smallest absolute Gasteiger partial charge is 0.0841 e. The summed E-state index contributed by atoms with van der Waals surface area (Å²) < 4.78 is 0. The molecule has 0 aliphatic heterocycles. The van der Waals surface area contributed by atoms with Crippen molar-refractivity contribution < 1.29 is 0 Å². The second kappa shape index (κ2) is 7.19. The van der Waals surface area contributed by atoms with Gasteiger partial charge >= 0.3 is 0 Å². The fourth-order valence-electron chi connectivity index (χ4n) is 0.496. The molecule has 0 aliphatic rings. The molecule has 0 radical (unpaired) electrons. The molecule has 0 saturated heterocycles. The van der Waals surface area contributed by atoms with Gasteiger partial charge in [-0.05, 0) is 19.9 Å². The minimum Gasteiger partial charge on any atom is -0.304 e. The van der Waals surface area contributed by atoms with E-state index in [-0.39, 0.29) is 0 Å². The molecule has 9 heavy (non-hydrogen) atoms. The third-order valence-electron chi connectivity index (χ3n) is 0.928. The normalized spacial score (nSPS) is 9.78. The zero-order chi connectivity index (χ0) is 6.95. The summed E-state index contributed by atoms with van der Waals surface area (Å²) in [5.41, 5.74) is 0. The van der Waals surface area contributed by atoms with Crippen molar-refractivity contribution in [3.05, 3.63) is 12.2 Å². The van der Waals surface area contributed by atoms with Gasteiger partial charge in [0.2, 0.25) is 0 Å². The summed E-state index contributed by atoms with van der Waals surface area (Å²) in [6.45, 7) is 3.35. The molecule has 0 aliphatic carbocycles. The van der Waals surface area contributed by atoms with Crippen LogP contribution in [0.15, 0.2) is 12.2 Å². The summed E-state index contributed by atoms with van der Waals surface area (Å²) in [4.78, 5) is 0. The fraction of sp³-hybridized carbons (Fsp3) is 0.571. The van der Waals surface area contributed by atoms with Crippen LogP contribution in [0.5, 0.6) is 0 Å². The summed E-state index contributed by atoms with van der Waals surface area (Å²) in [6, 6.07) is 2.01. The van der Waals surface area contributed by atoms with Crippen molar-refractivity contribution >= 4 is 0 Å². The lowest BCUT2D eigenvalue weighted by atomic mass is 10.4. The van der Waals surface area contributed by atoms with Crippen molar-refractivity contribution in [2.45, 2.75) is 13.3 Å². The van der Waals surface area contributed by atoms with E-state index in [1.807, 2.05) is 19.1 Å². The Hall–Kier alpha value is -0.810. The molecule has 2 heteroatoms. The van der Waals surface area contributed by atoms with Crippen LogP contribution in [-0.4, -0.2) is 13.1 Å². The highest BCUT2D eigenvalue weighted by Gasteiger charge is 1.78. The summed E-state index contributed by atoms with van der Waals surface area (Å²) in [6.07, 6.45) is 5.09. The maximum absolute atomic E-state index is 8.09. The molecule has 2 nitrogen and oxygen atoms in total. The molecule has 0 bridgehead atoms. The van der Waals surface area contributed by atoms with Gasteiger partial charge in [-0.25, -0.2) is 0 Å². The van der Waals surface area contributed by atoms with Crippen molar-refractivity contribution in [3.8, 4) is 6.07 Å². The van der Waals surface area contributed by atoms with E-state index in [1.54, 1.807) is 0 Å². The van der Waals surface area contributed by atoms with Crippen molar-refractivity contribution in [1.82, 2.24) is 5.32 Å². The molecule has 0 fully saturated rings. The third-order valence-corrected chi connectivity index (χ3v) is 0.928. The Balaban J connectivity index is 2.85. The predicted molar refractivity (Wildman–Crippen MR) is 37.9 cm³/mol. The van der Waals surface area contributed by atoms with Gasteiger partial charge in [-0.1, -0.05) is 12.2 Å². The van der Waals surface area contributed by atoms with E-state index in [4.69, 9.17) is 5.26 Å². The first-order valence-electron chi connectivity index (χ1n) is 3.10. The van der Waals surface area contributed by atoms with E-state index in [1.165, 1.54) is 0 Å². The molecule has 0 rings (SSSR count). The van der Waals surface area contributed by atoms with Crippen LogP contribution in [0.1, 0.15) is 13.3 Å². The van der Waals surface area contributed by atoms with Gasteiger partial charge < -0.3 is 5.32 Å². The summed E-state index contributed by atoms with van der Waals surface area (Å²) >= 11 is 0. The minimum atomic E-state index is 0.456. The summed E-state index contributed by atoms with van der Waals surface area (Å²) in [5.74, 6) is 0. The van der Waals surface area contributed by atoms with Crippen LogP contribution in [0.2, 0.25) is 0 Å². The number of hydrogen-bond donors (Lipinski definition) is 1. The molecular weight excluding hydrogens is 112 g/mol. The van der Waals surface area contributed by atoms with Crippen LogP contribution in [-0.2, 0) is 0 Å². The standard InChI is InChI=1S/C7H12N2/c1-2-3-4-6-9-7-5-8/h2-3,9H,4,6-7H2,1H3/b3-2+. The number of allylic oxidation sites excluding steroid dienone is 1.